The van der Waals surface area contributed by atoms with Crippen LogP contribution in [-0.2, 0) is 12.8 Å². The van der Waals surface area contributed by atoms with Crippen LogP contribution in [0.4, 0.5) is 34.1 Å². The van der Waals surface area contributed by atoms with Crippen LogP contribution in [-0.4, -0.2) is 0 Å². The van der Waals surface area contributed by atoms with E-state index in [0.717, 1.165) is 47.7 Å². The zero-order valence-corrected chi connectivity index (χ0v) is 38.9. The van der Waals surface area contributed by atoms with Gasteiger partial charge in [-0.25, -0.2) is 0 Å². The van der Waals surface area contributed by atoms with Crippen LogP contribution < -0.4 is 9.80 Å². The van der Waals surface area contributed by atoms with Crippen LogP contribution in [0.25, 0.3) is 32.7 Å². The van der Waals surface area contributed by atoms with Crippen molar-refractivity contribution in [3.05, 3.63) is 235 Å². The number of para-hydroxylation sites is 2. The third kappa shape index (κ3) is 9.59. The fourth-order valence-electron chi connectivity index (χ4n) is 9.92. The Hall–Kier alpha value is -7.03. The maximum atomic E-state index is 2.46. The summed E-state index contributed by atoms with van der Waals surface area (Å²) < 4.78 is 0. The lowest BCUT2D eigenvalue weighted by Crippen LogP contribution is -2.22. The van der Waals surface area contributed by atoms with E-state index in [9.17, 15) is 0 Å². The Morgan fingerprint density at radius 3 is 1.48 bits per heavy atom. The largest absolute Gasteiger partial charge is 0.310 e. The van der Waals surface area contributed by atoms with Crippen molar-refractivity contribution in [2.75, 3.05) is 9.80 Å². The molecule has 2 heteroatoms. The molecule has 2 nitrogen and oxygen atoms in total. The van der Waals surface area contributed by atoms with Crippen molar-refractivity contribution in [2.45, 2.75) is 66.7 Å². The van der Waals surface area contributed by atoms with Gasteiger partial charge in [-0.05, 0) is 129 Å². The lowest BCUT2D eigenvalue weighted by molar-refractivity contribution is 0.272. The molecular weight excluding hydrogens is 785 g/mol. The molecule has 1 unspecified atom stereocenters. The van der Waals surface area contributed by atoms with Gasteiger partial charge in [0.05, 0.1) is 31.1 Å². The Kier molecular flexibility index (Phi) is 12.6. The minimum Gasteiger partial charge on any atom is -0.310 e. The maximum absolute atomic E-state index is 2.46. The van der Waals surface area contributed by atoms with Gasteiger partial charge in [0.2, 0.25) is 0 Å². The van der Waals surface area contributed by atoms with Crippen LogP contribution in [0.15, 0.2) is 212 Å². The van der Waals surface area contributed by atoms with E-state index in [2.05, 4.69) is 264 Å². The Morgan fingerprint density at radius 1 is 0.446 bits per heavy atom. The molecule has 9 rings (SSSR count). The first-order valence-corrected chi connectivity index (χ1v) is 23.4. The fourth-order valence-corrected chi connectivity index (χ4v) is 9.92. The first kappa shape index (κ1) is 43.2. The average Bonchev–Trinajstić information content (AvgIpc) is 3.33. The molecule has 0 bridgehead atoms. The second-order valence-corrected chi connectivity index (χ2v) is 19.2. The van der Waals surface area contributed by atoms with E-state index < -0.39 is 0 Å². The summed E-state index contributed by atoms with van der Waals surface area (Å²) in [4.78, 5) is 4.78. The number of anilines is 6. The van der Waals surface area contributed by atoms with Gasteiger partial charge in [0.1, 0.15) is 6.42 Å². The topological polar surface area (TPSA) is 6.48 Å². The zero-order valence-electron chi connectivity index (χ0n) is 38.9. The number of benzene rings is 9. The molecule has 65 heavy (non-hydrogen) atoms. The van der Waals surface area contributed by atoms with E-state index in [1.54, 1.807) is 0 Å². The van der Waals surface area contributed by atoms with E-state index in [1.165, 1.54) is 61.0 Å². The van der Waals surface area contributed by atoms with E-state index >= 15 is 0 Å². The summed E-state index contributed by atoms with van der Waals surface area (Å²) in [5, 5.41) is 5.03. The number of nitrogens with zero attached hydrogens (tertiary/aromatic N) is 2. The van der Waals surface area contributed by atoms with Crippen LogP contribution in [0.3, 0.4) is 0 Å². The average molecular weight is 846 g/mol. The first-order chi connectivity index (χ1) is 31.6. The van der Waals surface area contributed by atoms with Gasteiger partial charge in [0.15, 0.2) is 0 Å². The molecule has 0 heterocycles. The Balaban J connectivity index is 1.01. The van der Waals surface area contributed by atoms with Gasteiger partial charge in [-0.3, -0.25) is 0 Å². The van der Waals surface area contributed by atoms with Crippen LogP contribution >= 0.6 is 0 Å². The molecule has 1 atom stereocenters. The first-order valence-electron chi connectivity index (χ1n) is 23.4. The maximum Gasteiger partial charge on any atom is 0.114 e. The third-order valence-corrected chi connectivity index (χ3v) is 13.1. The molecule has 0 spiro atoms. The van der Waals surface area contributed by atoms with Crippen LogP contribution in [0.2, 0.25) is 0 Å². The lowest BCUT2D eigenvalue weighted by atomic mass is 9.72. The quantitative estimate of drug-likeness (QED) is 0.0949. The van der Waals surface area contributed by atoms with E-state index in [0.29, 0.717) is 11.8 Å². The SMILES string of the molecule is C[C+](C)Cc1ccc(C(CC(C)(C)Cc2ccc(N(c3ccccc3)c3ccc(-c4ccc(N(c5ccccc5)c5cccc6ccccc56)cc4)cc3)c3ccccc23)C(C)C)cc1. The second kappa shape index (κ2) is 19.0. The molecule has 322 valence electrons. The summed E-state index contributed by atoms with van der Waals surface area (Å²) in [6.07, 6.45) is 3.18. The highest BCUT2D eigenvalue weighted by molar-refractivity contribution is 6.01. The third-order valence-electron chi connectivity index (χ3n) is 13.1. The van der Waals surface area contributed by atoms with Gasteiger partial charge < -0.3 is 9.80 Å². The second-order valence-electron chi connectivity index (χ2n) is 19.2. The summed E-state index contributed by atoms with van der Waals surface area (Å²) in [6.45, 7) is 14.1. The summed E-state index contributed by atoms with van der Waals surface area (Å²) in [6, 6.07) is 77.9. The van der Waals surface area contributed by atoms with Gasteiger partial charge in [0, 0.05) is 33.5 Å². The molecule has 0 aromatic heterocycles. The highest BCUT2D eigenvalue weighted by atomic mass is 15.1. The minimum absolute atomic E-state index is 0.0919. The summed E-state index contributed by atoms with van der Waals surface area (Å²) in [7, 11) is 0. The predicted octanol–water partition coefficient (Wildman–Crippen LogP) is 18.2. The molecule has 0 radical (unpaired) electrons. The number of fused-ring (bicyclic) bond motifs is 2. The summed E-state index contributed by atoms with van der Waals surface area (Å²) in [5.74, 6) is 2.49. The molecular formula is C63H61N2+. The van der Waals surface area contributed by atoms with Gasteiger partial charge in [-0.15, -0.1) is 0 Å². The van der Waals surface area contributed by atoms with Gasteiger partial charge in [-0.1, -0.05) is 179 Å². The van der Waals surface area contributed by atoms with E-state index in [4.69, 9.17) is 0 Å². The monoisotopic (exact) mass is 845 g/mol. The van der Waals surface area contributed by atoms with E-state index in [-0.39, 0.29) is 5.41 Å². The zero-order chi connectivity index (χ0) is 44.9. The Bertz CT molecular complexity index is 2960. The van der Waals surface area contributed by atoms with Gasteiger partial charge in [-0.2, -0.15) is 0 Å². The molecule has 0 fully saturated rings. The molecule has 0 N–H and O–H groups in total. The molecule has 0 amide bonds. The van der Waals surface area contributed by atoms with Crippen LogP contribution in [0.5, 0.6) is 0 Å². The lowest BCUT2D eigenvalue weighted by Gasteiger charge is -2.33. The molecule has 0 aliphatic heterocycles. The molecule has 0 aliphatic rings. The molecule has 9 aromatic carbocycles. The van der Waals surface area contributed by atoms with Crippen molar-refractivity contribution >= 4 is 55.7 Å². The van der Waals surface area contributed by atoms with Crippen molar-refractivity contribution in [3.8, 4) is 11.1 Å². The number of hydrogen-bond donors (Lipinski definition) is 0. The van der Waals surface area contributed by atoms with Gasteiger partial charge >= 0.3 is 0 Å². The predicted molar refractivity (Wildman–Crippen MR) is 281 cm³/mol. The molecule has 0 saturated carbocycles. The Labute approximate surface area is 387 Å². The fraction of sp³-hybridized carbons (Fsp3) is 0.190. The van der Waals surface area contributed by atoms with Crippen LogP contribution in [0.1, 0.15) is 70.6 Å². The highest BCUT2D eigenvalue weighted by Gasteiger charge is 2.28. The van der Waals surface area contributed by atoms with Crippen LogP contribution in [0, 0.1) is 17.3 Å². The number of rotatable bonds is 15. The smallest absolute Gasteiger partial charge is 0.114 e. The number of hydrogen-bond acceptors (Lipinski definition) is 2. The highest BCUT2D eigenvalue weighted by Crippen LogP contribution is 2.44. The molecule has 0 aliphatic carbocycles. The van der Waals surface area contributed by atoms with Crippen molar-refractivity contribution in [1.29, 1.82) is 0 Å². The minimum atomic E-state index is 0.0919. The van der Waals surface area contributed by atoms with Gasteiger partial charge in [0.25, 0.3) is 0 Å². The molecule has 9 aromatic rings. The van der Waals surface area contributed by atoms with Crippen molar-refractivity contribution in [2.24, 2.45) is 11.3 Å². The van der Waals surface area contributed by atoms with Crippen molar-refractivity contribution in [1.82, 2.24) is 0 Å². The standard InChI is InChI=1S/C63H61N2/c1-45(2)42-47-28-30-51(31-29-47)60(46(3)4)44-63(5,6)43-52-36-41-62(59-26-16-15-24-57(52)59)65(54-22-11-8-12-23-54)56-39-34-49(35-40-56)48-32-37-55(38-33-48)64(53-20-9-7-10-21-53)61-27-17-19-50-18-13-14-25-58(50)61/h7-41,46,60H,42-44H2,1-6H3/q+1. The molecule has 0 saturated heterocycles. The van der Waals surface area contributed by atoms with Crippen molar-refractivity contribution in [3.63, 3.8) is 0 Å². The summed E-state index contributed by atoms with van der Waals surface area (Å²) in [5.41, 5.74) is 13.6. The van der Waals surface area contributed by atoms with Crippen molar-refractivity contribution < 1.29 is 0 Å². The normalized spacial score (nSPS) is 12.1. The van der Waals surface area contributed by atoms with E-state index in [1.807, 2.05) is 0 Å². The summed E-state index contributed by atoms with van der Waals surface area (Å²) >= 11 is 0. The Morgan fingerprint density at radius 2 is 0.923 bits per heavy atom.